The number of rotatable bonds is 0. The molecule has 0 fully saturated rings. The van der Waals surface area contributed by atoms with E-state index in [1.807, 2.05) is 0 Å². The Kier molecular flexibility index (Phi) is 3.93. The summed E-state index contributed by atoms with van der Waals surface area (Å²) in [4.78, 5) is 0. The van der Waals surface area contributed by atoms with E-state index in [-0.39, 0.29) is 0 Å². The van der Waals surface area contributed by atoms with Gasteiger partial charge in [0, 0.05) is 0 Å². The zero-order valence-electron chi connectivity index (χ0n) is 24.9. The fourth-order valence-corrected chi connectivity index (χ4v) is 8.94. The van der Waals surface area contributed by atoms with Gasteiger partial charge in [-0.05, 0) is 172 Å². The molecule has 0 aliphatic rings. The molecule has 0 aliphatic heterocycles. The SMILES string of the molecule is Cc1cc2cc(C)c(C)c3c2c(c1C)c1c2c4ccc(C)c5cccc(c54)c2c2c4cccc5c(C)ccc(c54)c2c31. The summed E-state index contributed by atoms with van der Waals surface area (Å²) in [5.74, 6) is 0. The van der Waals surface area contributed by atoms with Crippen LogP contribution < -0.4 is 0 Å². The van der Waals surface area contributed by atoms with Crippen LogP contribution in [0.25, 0.3) is 97.0 Å². The standard InChI is InChI=1S/C42H30/c1-19-13-15-30-35-26(19)9-7-11-28(35)37-38-29-12-8-10-27-20(2)14-16-31(36(27)29)40(38)42-33-24(6)22(4)18-25-17-21(3)23(5)32(34(25)33)41(42)39(30)37/h7-18H,1-6H3. The summed E-state index contributed by atoms with van der Waals surface area (Å²) in [6, 6.07) is 28.3. The van der Waals surface area contributed by atoms with Gasteiger partial charge in [-0.1, -0.05) is 72.8 Å². The number of hydrogen-bond acceptors (Lipinski definition) is 0. The first-order valence-corrected chi connectivity index (χ1v) is 15.2. The zero-order chi connectivity index (χ0) is 28.3. The molecule has 10 rings (SSSR count). The molecule has 10 aromatic rings. The van der Waals surface area contributed by atoms with Crippen LogP contribution in [0.15, 0.2) is 72.8 Å². The highest BCUT2D eigenvalue weighted by Crippen LogP contribution is 2.57. The minimum Gasteiger partial charge on any atom is -0.0610 e. The van der Waals surface area contributed by atoms with Gasteiger partial charge in [-0.25, -0.2) is 0 Å². The fourth-order valence-electron chi connectivity index (χ4n) is 8.94. The molecule has 0 spiro atoms. The maximum Gasteiger partial charge on any atom is -0.000408 e. The van der Waals surface area contributed by atoms with Crippen molar-refractivity contribution in [3.05, 3.63) is 106 Å². The van der Waals surface area contributed by atoms with Gasteiger partial charge in [-0.15, -0.1) is 0 Å². The van der Waals surface area contributed by atoms with Crippen molar-refractivity contribution in [2.24, 2.45) is 0 Å². The Labute approximate surface area is 244 Å². The molecular weight excluding hydrogens is 504 g/mol. The molecule has 0 aromatic heterocycles. The summed E-state index contributed by atoms with van der Waals surface area (Å²) in [6.07, 6.45) is 0. The molecular formula is C42H30. The second kappa shape index (κ2) is 7.20. The lowest BCUT2D eigenvalue weighted by atomic mass is 9.94. The molecule has 0 radical (unpaired) electrons. The first-order valence-electron chi connectivity index (χ1n) is 15.2. The van der Waals surface area contributed by atoms with Crippen molar-refractivity contribution in [2.75, 3.05) is 0 Å². The topological polar surface area (TPSA) is 0 Å². The molecule has 0 saturated carbocycles. The predicted octanol–water partition coefficient (Wildman–Crippen LogP) is 12.2. The van der Waals surface area contributed by atoms with E-state index in [1.54, 1.807) is 0 Å². The fraction of sp³-hybridized carbons (Fsp3) is 0.143. The summed E-state index contributed by atoms with van der Waals surface area (Å²) in [5, 5.41) is 25.6. The van der Waals surface area contributed by atoms with Crippen LogP contribution in [0, 0.1) is 41.5 Å². The van der Waals surface area contributed by atoms with Gasteiger partial charge >= 0.3 is 0 Å². The summed E-state index contributed by atoms with van der Waals surface area (Å²) >= 11 is 0. The van der Waals surface area contributed by atoms with Crippen molar-refractivity contribution in [3.8, 4) is 0 Å². The molecule has 0 atom stereocenters. The molecule has 0 aliphatic carbocycles. The lowest BCUT2D eigenvalue weighted by Gasteiger charge is -2.10. The second-order valence-corrected chi connectivity index (χ2v) is 13.1. The number of benzene rings is 7. The Morgan fingerprint density at radius 2 is 0.667 bits per heavy atom. The van der Waals surface area contributed by atoms with Crippen molar-refractivity contribution in [3.63, 3.8) is 0 Å². The smallest absolute Gasteiger partial charge is 0.000408 e. The Balaban J connectivity index is 1.74. The highest BCUT2D eigenvalue weighted by Gasteiger charge is 2.28. The van der Waals surface area contributed by atoms with Gasteiger partial charge in [-0.2, -0.15) is 0 Å². The summed E-state index contributed by atoms with van der Waals surface area (Å²) in [5.41, 5.74) is 8.27. The molecule has 0 heterocycles. The Morgan fingerprint density at radius 3 is 1.12 bits per heavy atom. The van der Waals surface area contributed by atoms with Crippen LogP contribution in [0.1, 0.15) is 33.4 Å². The van der Waals surface area contributed by atoms with E-state index in [0.29, 0.717) is 0 Å². The quantitative estimate of drug-likeness (QED) is 0.181. The predicted molar refractivity (Wildman–Crippen MR) is 186 cm³/mol. The van der Waals surface area contributed by atoms with E-state index in [9.17, 15) is 0 Å². The lowest BCUT2D eigenvalue weighted by Crippen LogP contribution is -1.87. The summed E-state index contributed by atoms with van der Waals surface area (Å²) in [6.45, 7) is 13.8. The number of aryl methyl sites for hydroxylation is 6. The van der Waals surface area contributed by atoms with Crippen molar-refractivity contribution >= 4 is 97.0 Å². The third kappa shape index (κ3) is 2.34. The van der Waals surface area contributed by atoms with Crippen LogP contribution in [0.4, 0.5) is 0 Å². The van der Waals surface area contributed by atoms with E-state index in [0.717, 1.165) is 0 Å². The van der Waals surface area contributed by atoms with E-state index >= 15 is 0 Å². The third-order valence-corrected chi connectivity index (χ3v) is 11.1. The largest absolute Gasteiger partial charge is 0.0610 e. The van der Waals surface area contributed by atoms with Crippen LogP contribution in [-0.2, 0) is 0 Å². The Morgan fingerprint density at radius 1 is 0.286 bits per heavy atom. The van der Waals surface area contributed by atoms with Crippen LogP contribution in [-0.4, -0.2) is 0 Å². The van der Waals surface area contributed by atoms with Crippen molar-refractivity contribution in [1.82, 2.24) is 0 Å². The van der Waals surface area contributed by atoms with Crippen molar-refractivity contribution in [2.45, 2.75) is 41.5 Å². The van der Waals surface area contributed by atoms with E-state index in [1.165, 1.54) is 130 Å². The van der Waals surface area contributed by atoms with E-state index in [4.69, 9.17) is 0 Å². The van der Waals surface area contributed by atoms with Gasteiger partial charge in [0.2, 0.25) is 0 Å². The van der Waals surface area contributed by atoms with E-state index < -0.39 is 0 Å². The molecule has 0 unspecified atom stereocenters. The highest BCUT2D eigenvalue weighted by molar-refractivity contribution is 6.56. The van der Waals surface area contributed by atoms with Crippen molar-refractivity contribution in [1.29, 1.82) is 0 Å². The molecule has 0 heteroatoms. The third-order valence-electron chi connectivity index (χ3n) is 11.1. The molecule has 10 aromatic carbocycles. The van der Waals surface area contributed by atoms with Crippen LogP contribution in [0.2, 0.25) is 0 Å². The minimum atomic E-state index is 1.35. The molecule has 198 valence electrons. The lowest BCUT2D eigenvalue weighted by molar-refractivity contribution is 1.38. The number of fused-ring (bicyclic) bond motifs is 12. The Bertz CT molecular complexity index is 2630. The minimum absolute atomic E-state index is 1.35. The van der Waals surface area contributed by atoms with Gasteiger partial charge in [-0.3, -0.25) is 0 Å². The van der Waals surface area contributed by atoms with Gasteiger partial charge in [0.25, 0.3) is 0 Å². The molecule has 0 bridgehead atoms. The molecule has 0 saturated heterocycles. The molecule has 0 N–H and O–H groups in total. The average Bonchev–Trinajstić information content (AvgIpc) is 3.62. The highest BCUT2D eigenvalue weighted by atomic mass is 14.3. The second-order valence-electron chi connectivity index (χ2n) is 13.1. The maximum absolute atomic E-state index is 2.42. The maximum atomic E-state index is 2.42. The summed E-state index contributed by atoms with van der Waals surface area (Å²) < 4.78 is 0. The van der Waals surface area contributed by atoms with E-state index in [2.05, 4.69) is 114 Å². The monoisotopic (exact) mass is 534 g/mol. The summed E-state index contributed by atoms with van der Waals surface area (Å²) in [7, 11) is 0. The Hall–Kier alpha value is -4.68. The average molecular weight is 535 g/mol. The normalized spacial score (nSPS) is 13.0. The number of hydrogen-bond donors (Lipinski definition) is 0. The molecule has 42 heavy (non-hydrogen) atoms. The van der Waals surface area contributed by atoms with Gasteiger partial charge in [0.1, 0.15) is 0 Å². The van der Waals surface area contributed by atoms with Gasteiger partial charge in [0.15, 0.2) is 0 Å². The van der Waals surface area contributed by atoms with Crippen LogP contribution >= 0.6 is 0 Å². The van der Waals surface area contributed by atoms with Crippen molar-refractivity contribution < 1.29 is 0 Å². The van der Waals surface area contributed by atoms with Gasteiger partial charge < -0.3 is 0 Å². The van der Waals surface area contributed by atoms with Crippen LogP contribution in [0.3, 0.4) is 0 Å². The first kappa shape index (κ1) is 22.9. The molecule has 0 nitrogen and oxygen atoms in total. The zero-order valence-corrected chi connectivity index (χ0v) is 24.9. The first-order chi connectivity index (χ1) is 20.4. The van der Waals surface area contributed by atoms with Crippen LogP contribution in [0.5, 0.6) is 0 Å². The molecule has 0 amide bonds. The van der Waals surface area contributed by atoms with Gasteiger partial charge in [0.05, 0.1) is 0 Å².